The number of hydrogen-bond donors (Lipinski definition) is 1. The minimum absolute atomic E-state index is 0.142. The van der Waals surface area contributed by atoms with E-state index in [1.165, 1.54) is 0 Å². The highest BCUT2D eigenvalue weighted by Crippen LogP contribution is 2.18. The molecule has 5 heteroatoms. The van der Waals surface area contributed by atoms with Crippen LogP contribution < -0.4 is 10.5 Å². The Morgan fingerprint density at radius 1 is 1.00 bits per heavy atom. The molecule has 5 nitrogen and oxygen atoms in total. The average molecular weight is 344 g/mol. The van der Waals surface area contributed by atoms with Gasteiger partial charge in [0.25, 0.3) is 5.56 Å². The molecule has 0 aliphatic carbocycles. The highest BCUT2D eigenvalue weighted by atomic mass is 16.1. The van der Waals surface area contributed by atoms with Gasteiger partial charge in [0.2, 0.25) is 5.95 Å². The van der Waals surface area contributed by atoms with E-state index in [0.717, 1.165) is 37.1 Å². The number of aromatic nitrogens is 3. The van der Waals surface area contributed by atoms with Crippen LogP contribution >= 0.6 is 0 Å². The number of rotatable bonds is 4. The molecule has 0 unspecified atom stereocenters. The molecule has 3 heterocycles. The normalized spacial score (nSPS) is 14.8. The van der Waals surface area contributed by atoms with Crippen LogP contribution in [-0.4, -0.2) is 28.0 Å². The summed E-state index contributed by atoms with van der Waals surface area (Å²) in [4.78, 5) is 26.5. The maximum absolute atomic E-state index is 12.6. The van der Waals surface area contributed by atoms with Gasteiger partial charge in [-0.2, -0.15) is 4.98 Å². The Hall–Kier alpha value is -3.21. The van der Waals surface area contributed by atoms with Gasteiger partial charge in [0.15, 0.2) is 5.65 Å². The first-order valence-corrected chi connectivity index (χ1v) is 8.85. The predicted octanol–water partition coefficient (Wildman–Crippen LogP) is 3.64. The minimum Gasteiger partial charge on any atom is -0.342 e. The fourth-order valence-electron chi connectivity index (χ4n) is 3.18. The molecule has 0 atom stereocenters. The summed E-state index contributed by atoms with van der Waals surface area (Å²) >= 11 is 0. The molecule has 1 aromatic carbocycles. The van der Waals surface area contributed by atoms with Crippen LogP contribution in [0.5, 0.6) is 0 Å². The molecule has 3 aromatic rings. The summed E-state index contributed by atoms with van der Waals surface area (Å²) in [6.45, 7) is 1.86. The minimum atomic E-state index is -0.142. The zero-order valence-corrected chi connectivity index (χ0v) is 14.4. The molecule has 1 aliphatic heterocycles. The summed E-state index contributed by atoms with van der Waals surface area (Å²) in [6, 6.07) is 11.9. The zero-order chi connectivity index (χ0) is 17.8. The van der Waals surface area contributed by atoms with Crippen molar-refractivity contribution in [3.05, 3.63) is 76.2 Å². The van der Waals surface area contributed by atoms with Gasteiger partial charge in [-0.3, -0.25) is 9.78 Å². The summed E-state index contributed by atoms with van der Waals surface area (Å²) in [7, 11) is 0. The van der Waals surface area contributed by atoms with Crippen LogP contribution in [0.3, 0.4) is 0 Å². The Morgan fingerprint density at radius 2 is 1.77 bits per heavy atom. The van der Waals surface area contributed by atoms with E-state index in [4.69, 9.17) is 0 Å². The number of allylic oxidation sites excluding steroid dienone is 2. The summed E-state index contributed by atoms with van der Waals surface area (Å²) in [5.41, 5.74) is 2.29. The number of pyridine rings is 1. The molecule has 1 aliphatic rings. The predicted molar refractivity (Wildman–Crippen MR) is 106 cm³/mol. The van der Waals surface area contributed by atoms with Gasteiger partial charge in [-0.05, 0) is 30.0 Å². The summed E-state index contributed by atoms with van der Waals surface area (Å²) in [5.74, 6) is 0.623. The van der Waals surface area contributed by atoms with Crippen LogP contribution in [0.15, 0.2) is 59.5 Å². The monoisotopic (exact) mass is 344 g/mol. The van der Waals surface area contributed by atoms with E-state index in [-0.39, 0.29) is 5.56 Å². The Labute approximate surface area is 151 Å². The summed E-state index contributed by atoms with van der Waals surface area (Å²) < 4.78 is 0. The van der Waals surface area contributed by atoms with Crippen LogP contribution in [0.1, 0.15) is 24.0 Å². The second kappa shape index (κ2) is 7.35. The molecule has 26 heavy (non-hydrogen) atoms. The van der Waals surface area contributed by atoms with Crippen molar-refractivity contribution in [1.29, 1.82) is 0 Å². The Bertz CT molecular complexity index is 1020. The van der Waals surface area contributed by atoms with Crippen LogP contribution in [0.2, 0.25) is 0 Å². The Kier molecular flexibility index (Phi) is 4.60. The highest BCUT2D eigenvalue weighted by molar-refractivity contribution is 5.85. The molecule has 130 valence electrons. The number of fused-ring (bicyclic) bond motifs is 1. The first-order valence-electron chi connectivity index (χ1n) is 8.85. The number of nitrogens with one attached hydrogen (secondary N) is 1. The van der Waals surface area contributed by atoms with Gasteiger partial charge in [-0.1, -0.05) is 54.6 Å². The van der Waals surface area contributed by atoms with Crippen molar-refractivity contribution in [3.63, 3.8) is 0 Å². The second-order valence-corrected chi connectivity index (χ2v) is 6.31. The Morgan fingerprint density at radius 3 is 2.58 bits per heavy atom. The van der Waals surface area contributed by atoms with Crippen molar-refractivity contribution >= 4 is 29.1 Å². The second-order valence-electron chi connectivity index (χ2n) is 6.31. The van der Waals surface area contributed by atoms with Crippen molar-refractivity contribution in [2.24, 2.45) is 0 Å². The number of hydrogen-bond acceptors (Lipinski definition) is 4. The van der Waals surface area contributed by atoms with Gasteiger partial charge in [-0.25, -0.2) is 4.98 Å². The third kappa shape index (κ3) is 3.42. The molecule has 1 N–H and O–H groups in total. The molecule has 0 radical (unpaired) electrons. The first-order chi connectivity index (χ1) is 12.8. The number of nitrogens with zero attached hydrogens (tertiary/aromatic N) is 3. The van der Waals surface area contributed by atoms with Crippen LogP contribution in [0.4, 0.5) is 5.95 Å². The molecule has 2 aromatic heterocycles. The van der Waals surface area contributed by atoms with Gasteiger partial charge in [0.1, 0.15) is 0 Å². The SMILES string of the molecule is O=c1[nH]c(N2CCCC2)nc2nccc(/C=C/C=C/c3ccccc3)c12. The van der Waals surface area contributed by atoms with E-state index >= 15 is 0 Å². The quantitative estimate of drug-likeness (QED) is 0.734. The lowest BCUT2D eigenvalue weighted by Crippen LogP contribution is -2.24. The van der Waals surface area contributed by atoms with E-state index in [1.54, 1.807) is 6.20 Å². The molecular formula is C21H20N4O. The van der Waals surface area contributed by atoms with Crippen molar-refractivity contribution in [2.75, 3.05) is 18.0 Å². The molecule has 1 fully saturated rings. The van der Waals surface area contributed by atoms with E-state index in [0.29, 0.717) is 17.0 Å². The third-order valence-electron chi connectivity index (χ3n) is 4.51. The molecular weight excluding hydrogens is 324 g/mol. The van der Waals surface area contributed by atoms with Crippen LogP contribution in [-0.2, 0) is 0 Å². The fraction of sp³-hybridized carbons (Fsp3) is 0.190. The maximum Gasteiger partial charge on any atom is 0.262 e. The number of benzene rings is 1. The number of aromatic amines is 1. The van der Waals surface area contributed by atoms with Gasteiger partial charge in [-0.15, -0.1) is 0 Å². The van der Waals surface area contributed by atoms with E-state index in [2.05, 4.69) is 19.9 Å². The summed E-state index contributed by atoms with van der Waals surface area (Å²) in [6.07, 6.45) is 11.8. The lowest BCUT2D eigenvalue weighted by molar-refractivity contribution is 0.897. The van der Waals surface area contributed by atoms with Gasteiger partial charge < -0.3 is 4.90 Å². The standard InChI is InChI=1S/C21H20N4O/c26-20-18-17(11-5-4-10-16-8-2-1-3-9-16)12-13-22-19(18)23-21(24-20)25-14-6-7-15-25/h1-5,8-13H,6-7,14-15H2,(H,22,23,24,26)/b10-4+,11-5+. The molecule has 1 saturated heterocycles. The molecule has 0 spiro atoms. The summed E-state index contributed by atoms with van der Waals surface area (Å²) in [5, 5.41) is 0.528. The topological polar surface area (TPSA) is 61.9 Å². The van der Waals surface area contributed by atoms with Crippen LogP contribution in [0, 0.1) is 0 Å². The first kappa shape index (κ1) is 16.3. The number of anilines is 1. The van der Waals surface area contributed by atoms with Crippen molar-refractivity contribution < 1.29 is 0 Å². The van der Waals surface area contributed by atoms with Crippen molar-refractivity contribution in [2.45, 2.75) is 12.8 Å². The van der Waals surface area contributed by atoms with E-state index in [9.17, 15) is 4.79 Å². The van der Waals surface area contributed by atoms with Crippen molar-refractivity contribution in [3.8, 4) is 0 Å². The molecule has 0 bridgehead atoms. The zero-order valence-electron chi connectivity index (χ0n) is 14.4. The van der Waals surface area contributed by atoms with E-state index in [1.807, 2.05) is 60.7 Å². The van der Waals surface area contributed by atoms with Gasteiger partial charge in [0, 0.05) is 19.3 Å². The molecule has 4 rings (SSSR count). The third-order valence-corrected chi connectivity index (χ3v) is 4.51. The average Bonchev–Trinajstić information content (AvgIpc) is 3.21. The molecule has 0 saturated carbocycles. The van der Waals surface area contributed by atoms with E-state index < -0.39 is 0 Å². The fourth-order valence-corrected chi connectivity index (χ4v) is 3.18. The lowest BCUT2D eigenvalue weighted by Gasteiger charge is -2.15. The lowest BCUT2D eigenvalue weighted by atomic mass is 10.1. The number of H-pyrrole nitrogens is 1. The molecule has 0 amide bonds. The Balaban J connectivity index is 1.64. The van der Waals surface area contributed by atoms with Crippen LogP contribution in [0.25, 0.3) is 23.2 Å². The van der Waals surface area contributed by atoms with Gasteiger partial charge in [0.05, 0.1) is 5.39 Å². The largest absolute Gasteiger partial charge is 0.342 e. The van der Waals surface area contributed by atoms with Gasteiger partial charge >= 0.3 is 0 Å². The van der Waals surface area contributed by atoms with Crippen molar-refractivity contribution in [1.82, 2.24) is 15.0 Å². The maximum atomic E-state index is 12.6. The highest BCUT2D eigenvalue weighted by Gasteiger charge is 2.16. The smallest absolute Gasteiger partial charge is 0.262 e.